The lowest BCUT2D eigenvalue weighted by Gasteiger charge is -2.64. The Kier molecular flexibility index (Phi) is 1.68. The van der Waals surface area contributed by atoms with Crippen LogP contribution in [0.3, 0.4) is 0 Å². The lowest BCUT2D eigenvalue weighted by Crippen LogP contribution is -2.62. The van der Waals surface area contributed by atoms with E-state index in [1.54, 1.807) is 0 Å². The maximum absolute atomic E-state index is 10.7. The summed E-state index contributed by atoms with van der Waals surface area (Å²) in [4.78, 5) is 0. The Balaban J connectivity index is 2.02. The van der Waals surface area contributed by atoms with Crippen LogP contribution in [0.2, 0.25) is 0 Å². The zero-order valence-corrected chi connectivity index (χ0v) is 9.42. The number of aliphatic hydroxyl groups is 1. The summed E-state index contributed by atoms with van der Waals surface area (Å²) in [6, 6.07) is 0. The van der Waals surface area contributed by atoms with Gasteiger partial charge in [-0.25, -0.2) is 0 Å². The van der Waals surface area contributed by atoms with Crippen LogP contribution in [-0.2, 0) is 0 Å². The van der Waals surface area contributed by atoms with Gasteiger partial charge in [0.15, 0.2) is 0 Å². The van der Waals surface area contributed by atoms with Crippen LogP contribution in [0.15, 0.2) is 0 Å². The van der Waals surface area contributed by atoms with Gasteiger partial charge in [0, 0.05) is 0 Å². The molecule has 0 aromatic heterocycles. The van der Waals surface area contributed by atoms with E-state index in [2.05, 4.69) is 13.8 Å². The van der Waals surface area contributed by atoms with Crippen LogP contribution in [0, 0.1) is 23.2 Å². The average Bonchev–Trinajstić information content (AvgIpc) is 2.13. The van der Waals surface area contributed by atoms with E-state index in [0.717, 1.165) is 11.8 Å². The van der Waals surface area contributed by atoms with Gasteiger partial charge in [0.05, 0.1) is 5.60 Å². The Labute approximate surface area is 86.9 Å². The number of rotatable bonds is 1. The summed E-state index contributed by atoms with van der Waals surface area (Å²) >= 11 is 0. The molecule has 0 heterocycles. The van der Waals surface area contributed by atoms with Gasteiger partial charge >= 0.3 is 0 Å². The zero-order chi connectivity index (χ0) is 9.97. The summed E-state index contributed by atoms with van der Waals surface area (Å²) < 4.78 is 0. The molecule has 14 heavy (non-hydrogen) atoms. The molecule has 4 rings (SSSR count). The summed E-state index contributed by atoms with van der Waals surface area (Å²) in [6.07, 6.45) is 7.89. The molecule has 0 amide bonds. The second kappa shape index (κ2) is 2.55. The lowest BCUT2D eigenvalue weighted by atomic mass is 9.43. The predicted octanol–water partition coefficient (Wildman–Crippen LogP) is 2.97. The molecule has 4 fully saturated rings. The highest BCUT2D eigenvalue weighted by Gasteiger charge is 2.61. The van der Waals surface area contributed by atoms with Gasteiger partial charge in [-0.15, -0.1) is 0 Å². The molecular weight excluding hydrogens is 172 g/mol. The Morgan fingerprint density at radius 2 is 1.71 bits per heavy atom. The van der Waals surface area contributed by atoms with Crippen LogP contribution in [0.4, 0.5) is 0 Å². The second-order valence-electron chi connectivity index (χ2n) is 6.33. The van der Waals surface area contributed by atoms with Gasteiger partial charge in [-0.2, -0.15) is 0 Å². The Hall–Kier alpha value is -0.0400. The minimum atomic E-state index is -0.352. The molecule has 3 unspecified atom stereocenters. The predicted molar refractivity (Wildman–Crippen MR) is 56.9 cm³/mol. The maximum atomic E-state index is 10.7. The summed E-state index contributed by atoms with van der Waals surface area (Å²) in [6.45, 7) is 4.40. The molecule has 4 saturated carbocycles. The molecule has 1 N–H and O–H groups in total. The monoisotopic (exact) mass is 194 g/mol. The SMILES string of the molecule is CCC12CC3CC(CC(C3)C1(C)O)C2. The van der Waals surface area contributed by atoms with Crippen LogP contribution in [0.5, 0.6) is 0 Å². The van der Waals surface area contributed by atoms with E-state index in [1.165, 1.54) is 38.5 Å². The normalized spacial score (nSPS) is 60.6. The van der Waals surface area contributed by atoms with Gasteiger partial charge in [0.25, 0.3) is 0 Å². The molecule has 1 heteroatoms. The first-order valence-electron chi connectivity index (χ1n) is 6.30. The van der Waals surface area contributed by atoms with Crippen LogP contribution >= 0.6 is 0 Å². The first kappa shape index (κ1) is 9.21. The molecular formula is C13H22O. The summed E-state index contributed by atoms with van der Waals surface area (Å²) in [5, 5.41) is 10.7. The Morgan fingerprint density at radius 3 is 2.21 bits per heavy atom. The van der Waals surface area contributed by atoms with Gasteiger partial charge in [0.1, 0.15) is 0 Å². The molecule has 0 radical (unpaired) electrons. The first-order valence-corrected chi connectivity index (χ1v) is 6.30. The minimum Gasteiger partial charge on any atom is -0.389 e. The molecule has 0 aromatic rings. The number of hydrogen-bond donors (Lipinski definition) is 1. The third-order valence-electron chi connectivity index (χ3n) is 5.81. The van der Waals surface area contributed by atoms with E-state index in [0.29, 0.717) is 11.3 Å². The van der Waals surface area contributed by atoms with Crippen molar-refractivity contribution in [2.45, 2.75) is 58.0 Å². The molecule has 0 saturated heterocycles. The van der Waals surface area contributed by atoms with Crippen LogP contribution in [0.25, 0.3) is 0 Å². The van der Waals surface area contributed by atoms with Gasteiger partial charge < -0.3 is 5.11 Å². The van der Waals surface area contributed by atoms with Crippen molar-refractivity contribution in [2.24, 2.45) is 23.2 Å². The van der Waals surface area contributed by atoms with Crippen LogP contribution in [-0.4, -0.2) is 10.7 Å². The molecule has 4 bridgehead atoms. The quantitative estimate of drug-likeness (QED) is 0.680. The highest BCUT2D eigenvalue weighted by molar-refractivity contribution is 5.12. The molecule has 0 aliphatic heterocycles. The molecule has 80 valence electrons. The van der Waals surface area contributed by atoms with Crippen LogP contribution < -0.4 is 0 Å². The first-order chi connectivity index (χ1) is 6.57. The second-order valence-corrected chi connectivity index (χ2v) is 6.33. The summed E-state index contributed by atoms with van der Waals surface area (Å²) in [7, 11) is 0. The van der Waals surface area contributed by atoms with Crippen molar-refractivity contribution < 1.29 is 5.11 Å². The molecule has 4 aliphatic carbocycles. The Bertz CT molecular complexity index is 242. The van der Waals surface area contributed by atoms with Crippen LogP contribution in [0.1, 0.15) is 52.4 Å². The van der Waals surface area contributed by atoms with E-state index in [4.69, 9.17) is 0 Å². The average molecular weight is 194 g/mol. The third kappa shape index (κ3) is 0.900. The minimum absolute atomic E-state index is 0.293. The van der Waals surface area contributed by atoms with E-state index < -0.39 is 0 Å². The standard InChI is InChI=1S/C13H22O/c1-3-13-7-9-4-10(8-13)6-11(5-9)12(13,2)14/h9-11,14H,3-8H2,1-2H3. The van der Waals surface area contributed by atoms with Gasteiger partial charge in [-0.3, -0.25) is 0 Å². The van der Waals surface area contributed by atoms with Crippen molar-refractivity contribution in [1.82, 2.24) is 0 Å². The number of hydrogen-bond acceptors (Lipinski definition) is 1. The Morgan fingerprint density at radius 1 is 1.14 bits per heavy atom. The molecule has 4 aliphatic rings. The van der Waals surface area contributed by atoms with E-state index >= 15 is 0 Å². The van der Waals surface area contributed by atoms with E-state index in [1.807, 2.05) is 0 Å². The van der Waals surface area contributed by atoms with E-state index in [-0.39, 0.29) is 5.60 Å². The van der Waals surface area contributed by atoms with Gasteiger partial charge in [-0.05, 0) is 68.6 Å². The smallest absolute Gasteiger partial charge is 0.0704 e. The van der Waals surface area contributed by atoms with Gasteiger partial charge in [-0.1, -0.05) is 6.92 Å². The fraction of sp³-hybridized carbons (Fsp3) is 1.00. The molecule has 1 nitrogen and oxygen atoms in total. The summed E-state index contributed by atoms with van der Waals surface area (Å²) in [5.74, 6) is 2.52. The highest BCUT2D eigenvalue weighted by Crippen LogP contribution is 2.65. The zero-order valence-electron chi connectivity index (χ0n) is 9.42. The highest BCUT2D eigenvalue weighted by atomic mass is 16.3. The fourth-order valence-electron chi connectivity index (χ4n) is 5.04. The molecule has 0 spiro atoms. The maximum Gasteiger partial charge on any atom is 0.0704 e. The third-order valence-corrected chi connectivity index (χ3v) is 5.81. The summed E-state index contributed by atoms with van der Waals surface area (Å²) in [5.41, 5.74) is -0.0586. The molecule has 0 aromatic carbocycles. The molecule has 3 atom stereocenters. The van der Waals surface area contributed by atoms with Crippen molar-refractivity contribution in [3.8, 4) is 0 Å². The fourth-order valence-corrected chi connectivity index (χ4v) is 5.04. The van der Waals surface area contributed by atoms with Crippen molar-refractivity contribution in [3.05, 3.63) is 0 Å². The van der Waals surface area contributed by atoms with E-state index in [9.17, 15) is 5.11 Å². The van der Waals surface area contributed by atoms with Crippen molar-refractivity contribution >= 4 is 0 Å². The van der Waals surface area contributed by atoms with Crippen molar-refractivity contribution in [3.63, 3.8) is 0 Å². The van der Waals surface area contributed by atoms with Gasteiger partial charge in [0.2, 0.25) is 0 Å². The van der Waals surface area contributed by atoms with Crippen molar-refractivity contribution in [1.29, 1.82) is 0 Å². The topological polar surface area (TPSA) is 20.2 Å². The largest absolute Gasteiger partial charge is 0.389 e. The lowest BCUT2D eigenvalue weighted by molar-refractivity contribution is -0.220. The van der Waals surface area contributed by atoms with Crippen molar-refractivity contribution in [2.75, 3.05) is 0 Å².